The van der Waals surface area contributed by atoms with E-state index in [-0.39, 0.29) is 0 Å². The highest BCUT2D eigenvalue weighted by atomic mass is 15.1. The van der Waals surface area contributed by atoms with E-state index in [0.717, 1.165) is 17.8 Å². The van der Waals surface area contributed by atoms with E-state index in [0.29, 0.717) is 5.54 Å². The maximum atomic E-state index is 4.57. The largest absolute Gasteiger partial charge is 0.314 e. The molecule has 0 amide bonds. The van der Waals surface area contributed by atoms with Crippen LogP contribution in [0.5, 0.6) is 0 Å². The smallest absolute Gasteiger partial charge is 0.0705 e. The van der Waals surface area contributed by atoms with Crippen molar-refractivity contribution in [3.05, 3.63) is 41.6 Å². The fraction of sp³-hybridized carbons (Fsp3) is 0.500. The highest BCUT2D eigenvalue weighted by Crippen LogP contribution is 2.23. The van der Waals surface area contributed by atoms with Crippen LogP contribution in [0.25, 0.3) is 10.9 Å². The molecule has 3 nitrogen and oxygen atoms in total. The van der Waals surface area contributed by atoms with Gasteiger partial charge in [-0.3, -0.25) is 9.88 Å². The van der Waals surface area contributed by atoms with Crippen molar-refractivity contribution < 1.29 is 0 Å². The van der Waals surface area contributed by atoms with Crippen molar-refractivity contribution in [1.82, 2.24) is 15.2 Å². The first kappa shape index (κ1) is 14.5. The van der Waals surface area contributed by atoms with E-state index in [4.69, 9.17) is 0 Å². The third kappa shape index (κ3) is 3.25. The minimum Gasteiger partial charge on any atom is -0.314 e. The van der Waals surface area contributed by atoms with Gasteiger partial charge < -0.3 is 5.32 Å². The minimum absolute atomic E-state index is 0.321. The molecule has 112 valence electrons. The number of piperidine rings is 1. The summed E-state index contributed by atoms with van der Waals surface area (Å²) in [5.74, 6) is 0. The number of hydrogen-bond donors (Lipinski definition) is 1. The number of aryl methyl sites for hydroxylation is 1. The number of nitrogens with zero attached hydrogens (tertiary/aromatic N) is 2. The van der Waals surface area contributed by atoms with E-state index in [1.807, 2.05) is 6.92 Å². The van der Waals surface area contributed by atoms with Gasteiger partial charge in [-0.1, -0.05) is 12.1 Å². The Morgan fingerprint density at radius 2 is 1.95 bits per heavy atom. The van der Waals surface area contributed by atoms with Gasteiger partial charge in [-0.25, -0.2) is 0 Å². The quantitative estimate of drug-likeness (QED) is 0.938. The van der Waals surface area contributed by atoms with Gasteiger partial charge in [0, 0.05) is 36.3 Å². The molecule has 21 heavy (non-hydrogen) atoms. The second-order valence-corrected chi connectivity index (χ2v) is 6.57. The summed E-state index contributed by atoms with van der Waals surface area (Å²) in [7, 11) is 2.08. The van der Waals surface area contributed by atoms with Crippen LogP contribution in [0.3, 0.4) is 0 Å². The molecule has 0 atom stereocenters. The van der Waals surface area contributed by atoms with Crippen molar-refractivity contribution in [3.8, 4) is 0 Å². The fourth-order valence-corrected chi connectivity index (χ4v) is 3.09. The maximum absolute atomic E-state index is 4.57. The molecule has 3 heteroatoms. The first-order chi connectivity index (χ1) is 10.1. The molecule has 1 aliphatic heterocycles. The van der Waals surface area contributed by atoms with Gasteiger partial charge in [-0.05, 0) is 57.5 Å². The van der Waals surface area contributed by atoms with Gasteiger partial charge in [0.15, 0.2) is 0 Å². The minimum atomic E-state index is 0.321. The Hall–Kier alpha value is -1.45. The van der Waals surface area contributed by atoms with Crippen LogP contribution in [-0.2, 0) is 6.54 Å². The highest BCUT2D eigenvalue weighted by Gasteiger charge is 2.27. The zero-order chi connectivity index (χ0) is 14.9. The summed E-state index contributed by atoms with van der Waals surface area (Å²) in [6, 6.07) is 10.9. The Morgan fingerprint density at radius 1 is 1.19 bits per heavy atom. The molecule has 1 fully saturated rings. The van der Waals surface area contributed by atoms with E-state index < -0.39 is 0 Å². The molecule has 1 aromatic heterocycles. The van der Waals surface area contributed by atoms with E-state index >= 15 is 0 Å². The normalized spacial score (nSPS) is 19.0. The van der Waals surface area contributed by atoms with Crippen LogP contribution in [0.4, 0.5) is 0 Å². The average molecular weight is 283 g/mol. The Morgan fingerprint density at radius 3 is 2.67 bits per heavy atom. The molecular formula is C18H25N3. The molecule has 0 unspecified atom stereocenters. The standard InChI is InChI=1S/C18H25N3/c1-14-4-6-16-12-15(5-7-17(16)20-14)13-21-10-8-18(2,19-3)9-11-21/h4-7,12,19H,8-11,13H2,1-3H3. The van der Waals surface area contributed by atoms with Crippen molar-refractivity contribution in [1.29, 1.82) is 0 Å². The summed E-state index contributed by atoms with van der Waals surface area (Å²) in [6.45, 7) is 7.75. The monoisotopic (exact) mass is 283 g/mol. The van der Waals surface area contributed by atoms with Crippen LogP contribution in [0.1, 0.15) is 31.0 Å². The van der Waals surface area contributed by atoms with Crippen molar-refractivity contribution in [2.45, 2.75) is 38.8 Å². The van der Waals surface area contributed by atoms with Gasteiger partial charge in [0.1, 0.15) is 0 Å². The third-order valence-electron chi connectivity index (χ3n) is 4.86. The lowest BCUT2D eigenvalue weighted by molar-refractivity contribution is 0.146. The molecule has 1 N–H and O–H groups in total. The number of aromatic nitrogens is 1. The average Bonchev–Trinajstić information content (AvgIpc) is 2.50. The van der Waals surface area contributed by atoms with Gasteiger partial charge in [0.2, 0.25) is 0 Å². The summed E-state index contributed by atoms with van der Waals surface area (Å²) in [5.41, 5.74) is 3.89. The Labute approximate surface area is 127 Å². The summed E-state index contributed by atoms with van der Waals surface area (Å²) in [4.78, 5) is 7.13. The van der Waals surface area contributed by atoms with Crippen LogP contribution in [0.2, 0.25) is 0 Å². The number of benzene rings is 1. The van der Waals surface area contributed by atoms with Gasteiger partial charge in [-0.15, -0.1) is 0 Å². The molecule has 0 spiro atoms. The molecule has 0 radical (unpaired) electrons. The first-order valence-corrected chi connectivity index (χ1v) is 7.86. The lowest BCUT2D eigenvalue weighted by Gasteiger charge is -2.39. The first-order valence-electron chi connectivity index (χ1n) is 7.86. The Kier molecular flexibility index (Phi) is 3.96. The van der Waals surface area contributed by atoms with E-state index in [1.54, 1.807) is 0 Å². The number of hydrogen-bond acceptors (Lipinski definition) is 3. The molecular weight excluding hydrogens is 258 g/mol. The fourth-order valence-electron chi connectivity index (χ4n) is 3.09. The molecule has 1 saturated heterocycles. The topological polar surface area (TPSA) is 28.2 Å². The van der Waals surface area contributed by atoms with Crippen LogP contribution < -0.4 is 5.32 Å². The lowest BCUT2D eigenvalue weighted by atomic mass is 9.90. The molecule has 1 aromatic carbocycles. The molecule has 0 bridgehead atoms. The molecule has 2 aromatic rings. The highest BCUT2D eigenvalue weighted by molar-refractivity contribution is 5.79. The zero-order valence-electron chi connectivity index (χ0n) is 13.3. The summed E-state index contributed by atoms with van der Waals surface area (Å²) >= 11 is 0. The van der Waals surface area contributed by atoms with Crippen LogP contribution in [-0.4, -0.2) is 35.6 Å². The zero-order valence-corrected chi connectivity index (χ0v) is 13.3. The van der Waals surface area contributed by atoms with Gasteiger partial charge in [0.25, 0.3) is 0 Å². The summed E-state index contributed by atoms with van der Waals surface area (Å²) in [6.07, 6.45) is 2.44. The van der Waals surface area contributed by atoms with Gasteiger partial charge in [0.05, 0.1) is 5.52 Å². The molecule has 2 heterocycles. The Bertz CT molecular complexity index is 627. The summed E-state index contributed by atoms with van der Waals surface area (Å²) in [5, 5.41) is 4.70. The number of likely N-dealkylation sites (tertiary alicyclic amines) is 1. The second-order valence-electron chi connectivity index (χ2n) is 6.57. The molecule has 3 rings (SSSR count). The predicted molar refractivity (Wildman–Crippen MR) is 88.5 cm³/mol. The maximum Gasteiger partial charge on any atom is 0.0705 e. The molecule has 0 saturated carbocycles. The van der Waals surface area contributed by atoms with Crippen LogP contribution >= 0.6 is 0 Å². The van der Waals surface area contributed by atoms with Crippen molar-refractivity contribution >= 4 is 10.9 Å². The number of fused-ring (bicyclic) bond motifs is 1. The molecule has 1 aliphatic rings. The number of nitrogens with one attached hydrogen (secondary N) is 1. The Balaban J connectivity index is 1.70. The SMILES string of the molecule is CNC1(C)CCN(Cc2ccc3nc(C)ccc3c2)CC1. The van der Waals surface area contributed by atoms with Crippen LogP contribution in [0.15, 0.2) is 30.3 Å². The third-order valence-corrected chi connectivity index (χ3v) is 4.86. The lowest BCUT2D eigenvalue weighted by Crippen LogP contribution is -2.49. The van der Waals surface area contributed by atoms with Crippen molar-refractivity contribution in [2.75, 3.05) is 20.1 Å². The van der Waals surface area contributed by atoms with Crippen LogP contribution in [0, 0.1) is 6.92 Å². The number of rotatable bonds is 3. The number of pyridine rings is 1. The van der Waals surface area contributed by atoms with E-state index in [9.17, 15) is 0 Å². The van der Waals surface area contributed by atoms with Crippen molar-refractivity contribution in [2.24, 2.45) is 0 Å². The van der Waals surface area contributed by atoms with E-state index in [2.05, 4.69) is 59.5 Å². The second kappa shape index (κ2) is 5.74. The summed E-state index contributed by atoms with van der Waals surface area (Å²) < 4.78 is 0. The predicted octanol–water partition coefficient (Wildman–Crippen LogP) is 3.12. The van der Waals surface area contributed by atoms with E-state index in [1.165, 1.54) is 36.9 Å². The van der Waals surface area contributed by atoms with Crippen molar-refractivity contribution in [3.63, 3.8) is 0 Å². The van der Waals surface area contributed by atoms with Gasteiger partial charge >= 0.3 is 0 Å². The van der Waals surface area contributed by atoms with Gasteiger partial charge in [-0.2, -0.15) is 0 Å². The molecule has 0 aliphatic carbocycles.